The van der Waals surface area contributed by atoms with Crippen LogP contribution in [-0.2, 0) is 16.0 Å². The van der Waals surface area contributed by atoms with Gasteiger partial charge in [-0.2, -0.15) is 0 Å². The molecule has 3 rings (SSSR count). The third kappa shape index (κ3) is 7.26. The Labute approximate surface area is 187 Å². The number of halogens is 1. The Balaban J connectivity index is 1.44. The lowest BCUT2D eigenvalue weighted by Crippen LogP contribution is -2.45. The maximum absolute atomic E-state index is 12.7. The van der Waals surface area contributed by atoms with E-state index in [4.69, 9.17) is 0 Å². The first-order valence-electron chi connectivity index (χ1n) is 10.6. The lowest BCUT2D eigenvalue weighted by Gasteiger charge is -2.32. The predicted molar refractivity (Wildman–Crippen MR) is 123 cm³/mol. The van der Waals surface area contributed by atoms with Crippen LogP contribution in [0.2, 0.25) is 0 Å². The Bertz CT molecular complexity index is 818. The van der Waals surface area contributed by atoms with Crippen molar-refractivity contribution >= 4 is 27.7 Å². The van der Waals surface area contributed by atoms with Crippen LogP contribution in [0.4, 0.5) is 0 Å². The first-order valence-corrected chi connectivity index (χ1v) is 11.4. The average Bonchev–Trinajstić information content (AvgIpc) is 2.74. The van der Waals surface area contributed by atoms with E-state index in [1.165, 1.54) is 12.5 Å². The maximum atomic E-state index is 12.7. The van der Waals surface area contributed by atoms with Gasteiger partial charge >= 0.3 is 0 Å². The fourth-order valence-electron chi connectivity index (χ4n) is 3.90. The van der Waals surface area contributed by atoms with Gasteiger partial charge in [0.2, 0.25) is 11.8 Å². The van der Waals surface area contributed by atoms with Crippen LogP contribution >= 0.6 is 15.9 Å². The van der Waals surface area contributed by atoms with Crippen LogP contribution in [0, 0.1) is 0 Å². The van der Waals surface area contributed by atoms with Crippen LogP contribution in [-0.4, -0.2) is 42.4 Å². The molecule has 5 nitrogen and oxygen atoms in total. The van der Waals surface area contributed by atoms with Crippen molar-refractivity contribution in [2.75, 3.05) is 19.6 Å². The Morgan fingerprint density at radius 3 is 2.37 bits per heavy atom. The number of likely N-dealkylation sites (tertiary alicyclic amines) is 1. The van der Waals surface area contributed by atoms with E-state index in [-0.39, 0.29) is 30.3 Å². The molecular weight excluding hydrogens is 442 g/mol. The van der Waals surface area contributed by atoms with Crippen LogP contribution in [0.3, 0.4) is 0 Å². The highest BCUT2D eigenvalue weighted by atomic mass is 79.9. The van der Waals surface area contributed by atoms with Gasteiger partial charge in [0, 0.05) is 37.1 Å². The number of piperidine rings is 1. The van der Waals surface area contributed by atoms with E-state index >= 15 is 0 Å². The Morgan fingerprint density at radius 1 is 1.07 bits per heavy atom. The van der Waals surface area contributed by atoms with Gasteiger partial charge in [0.25, 0.3) is 0 Å². The third-order valence-corrected chi connectivity index (χ3v) is 6.08. The van der Waals surface area contributed by atoms with Crippen LogP contribution in [0.15, 0.2) is 59.1 Å². The van der Waals surface area contributed by atoms with Gasteiger partial charge in [0.1, 0.15) is 0 Å². The highest BCUT2D eigenvalue weighted by Gasteiger charge is 2.23. The molecule has 0 aliphatic carbocycles. The van der Waals surface area contributed by atoms with E-state index in [1.807, 2.05) is 30.3 Å². The number of hydrogen-bond acceptors (Lipinski definition) is 3. The van der Waals surface area contributed by atoms with Crippen LogP contribution in [0.1, 0.15) is 43.4 Å². The van der Waals surface area contributed by atoms with Crippen molar-refractivity contribution < 1.29 is 9.59 Å². The standard InChI is InChI=1S/C24H30BrN3O2/c1-18(29)26-23(20-7-9-21(25)10-8-20)17-24(30)27-22-12-15-28(16-13-22)14-11-19-5-3-2-4-6-19/h2-10,22-23H,11-17H2,1H3,(H,26,29)(H,27,30). The van der Waals surface area contributed by atoms with Crippen LogP contribution < -0.4 is 10.6 Å². The lowest BCUT2D eigenvalue weighted by atomic mass is 10.0. The summed E-state index contributed by atoms with van der Waals surface area (Å²) in [7, 11) is 0. The van der Waals surface area contributed by atoms with Gasteiger partial charge in [-0.3, -0.25) is 9.59 Å². The third-order valence-electron chi connectivity index (χ3n) is 5.55. The zero-order valence-corrected chi connectivity index (χ0v) is 19.0. The number of carbonyl (C=O) groups excluding carboxylic acids is 2. The van der Waals surface area contributed by atoms with Crippen LogP contribution in [0.25, 0.3) is 0 Å². The minimum absolute atomic E-state index is 0.0144. The second-order valence-corrected chi connectivity index (χ2v) is 8.84. The van der Waals surface area contributed by atoms with Crippen molar-refractivity contribution in [2.24, 2.45) is 0 Å². The van der Waals surface area contributed by atoms with Gasteiger partial charge in [-0.15, -0.1) is 0 Å². The fraction of sp³-hybridized carbons (Fsp3) is 0.417. The number of benzene rings is 2. The molecule has 160 valence electrons. The zero-order chi connectivity index (χ0) is 21.3. The second-order valence-electron chi connectivity index (χ2n) is 7.93. The molecule has 30 heavy (non-hydrogen) atoms. The smallest absolute Gasteiger partial charge is 0.222 e. The summed E-state index contributed by atoms with van der Waals surface area (Å²) in [5.41, 5.74) is 2.30. The van der Waals surface area contributed by atoms with Crippen molar-refractivity contribution in [2.45, 2.75) is 44.7 Å². The molecule has 1 aliphatic heterocycles. The highest BCUT2D eigenvalue weighted by Crippen LogP contribution is 2.20. The normalized spacial score (nSPS) is 16.1. The van der Waals surface area contributed by atoms with Crippen molar-refractivity contribution in [3.05, 3.63) is 70.2 Å². The van der Waals surface area contributed by atoms with Gasteiger partial charge in [0.05, 0.1) is 12.5 Å². The monoisotopic (exact) mass is 471 g/mol. The molecule has 1 unspecified atom stereocenters. The molecule has 2 aromatic carbocycles. The molecule has 1 aliphatic rings. The molecule has 0 bridgehead atoms. The Kier molecular flexibility index (Phi) is 8.46. The summed E-state index contributed by atoms with van der Waals surface area (Å²) in [6, 6.07) is 18.2. The molecule has 1 fully saturated rings. The minimum atomic E-state index is -0.318. The largest absolute Gasteiger partial charge is 0.353 e. The van der Waals surface area contributed by atoms with Gasteiger partial charge in [-0.05, 0) is 42.5 Å². The highest BCUT2D eigenvalue weighted by molar-refractivity contribution is 9.10. The summed E-state index contributed by atoms with van der Waals surface area (Å²) in [4.78, 5) is 26.7. The van der Waals surface area contributed by atoms with E-state index in [1.54, 1.807) is 0 Å². The fourth-order valence-corrected chi connectivity index (χ4v) is 4.16. The van der Waals surface area contributed by atoms with Gasteiger partial charge in [0.15, 0.2) is 0 Å². The summed E-state index contributed by atoms with van der Waals surface area (Å²) < 4.78 is 0.969. The number of hydrogen-bond donors (Lipinski definition) is 2. The molecule has 2 amide bonds. The summed E-state index contributed by atoms with van der Waals surface area (Å²) in [6.45, 7) is 4.53. The Morgan fingerprint density at radius 2 is 1.73 bits per heavy atom. The number of amides is 2. The molecule has 0 radical (unpaired) electrons. The number of nitrogens with one attached hydrogen (secondary N) is 2. The zero-order valence-electron chi connectivity index (χ0n) is 17.4. The van der Waals surface area contributed by atoms with E-state index in [0.717, 1.165) is 48.9 Å². The maximum Gasteiger partial charge on any atom is 0.222 e. The first kappa shape index (κ1) is 22.5. The van der Waals surface area contributed by atoms with Crippen LogP contribution in [0.5, 0.6) is 0 Å². The summed E-state index contributed by atoms with van der Waals surface area (Å²) >= 11 is 3.42. The number of rotatable bonds is 8. The molecule has 0 aromatic heterocycles. The van der Waals surface area contributed by atoms with E-state index in [0.29, 0.717) is 0 Å². The minimum Gasteiger partial charge on any atom is -0.353 e. The summed E-state index contributed by atoms with van der Waals surface area (Å²) in [5, 5.41) is 6.07. The summed E-state index contributed by atoms with van der Waals surface area (Å²) in [5.74, 6) is -0.151. The molecule has 1 saturated heterocycles. The van der Waals surface area contributed by atoms with Crippen molar-refractivity contribution in [1.29, 1.82) is 0 Å². The average molecular weight is 472 g/mol. The number of carbonyl (C=O) groups is 2. The van der Waals surface area contributed by atoms with Crippen molar-refractivity contribution in [3.8, 4) is 0 Å². The van der Waals surface area contributed by atoms with Gasteiger partial charge in [-0.25, -0.2) is 0 Å². The molecule has 1 heterocycles. The predicted octanol–water partition coefficient (Wildman–Crippen LogP) is 3.84. The Hall–Kier alpha value is -2.18. The molecule has 6 heteroatoms. The van der Waals surface area contributed by atoms with Crippen molar-refractivity contribution in [1.82, 2.24) is 15.5 Å². The SMILES string of the molecule is CC(=O)NC(CC(=O)NC1CCN(CCc2ccccc2)CC1)c1ccc(Br)cc1. The van der Waals surface area contributed by atoms with Gasteiger partial charge < -0.3 is 15.5 Å². The van der Waals surface area contributed by atoms with Gasteiger partial charge in [-0.1, -0.05) is 58.4 Å². The number of nitrogens with zero attached hydrogens (tertiary/aromatic N) is 1. The molecule has 2 N–H and O–H groups in total. The molecule has 0 saturated carbocycles. The van der Waals surface area contributed by atoms with E-state index in [2.05, 4.69) is 55.7 Å². The van der Waals surface area contributed by atoms with Crippen molar-refractivity contribution in [3.63, 3.8) is 0 Å². The van der Waals surface area contributed by atoms with E-state index in [9.17, 15) is 9.59 Å². The topological polar surface area (TPSA) is 61.4 Å². The molecule has 1 atom stereocenters. The second kappa shape index (κ2) is 11.3. The van der Waals surface area contributed by atoms with E-state index < -0.39 is 0 Å². The lowest BCUT2D eigenvalue weighted by molar-refractivity contribution is -0.123. The first-order chi connectivity index (χ1) is 14.5. The molecule has 2 aromatic rings. The molecule has 0 spiro atoms. The summed E-state index contributed by atoms with van der Waals surface area (Å²) in [6.07, 6.45) is 3.23. The molecular formula is C24H30BrN3O2. The quantitative estimate of drug-likeness (QED) is 0.614.